The smallest absolute Gasteiger partial charge is 0.261 e. The van der Waals surface area contributed by atoms with E-state index in [1.807, 2.05) is 30.5 Å². The van der Waals surface area contributed by atoms with Gasteiger partial charge in [0.15, 0.2) is 0 Å². The first kappa shape index (κ1) is 17.5. The van der Waals surface area contributed by atoms with Crippen LogP contribution in [0.2, 0.25) is 0 Å². The Bertz CT molecular complexity index is 689. The maximum absolute atomic E-state index is 12.0. The summed E-state index contributed by atoms with van der Waals surface area (Å²) in [4.78, 5) is 24.3. The predicted molar refractivity (Wildman–Crippen MR) is 93.9 cm³/mol. The molecular weight excluding hydrogens is 380 g/mol. The third-order valence-corrected chi connectivity index (χ3v) is 4.70. The lowest BCUT2D eigenvalue weighted by Gasteiger charge is -2.16. The minimum atomic E-state index is -0.241. The summed E-state index contributed by atoms with van der Waals surface area (Å²) in [5.41, 5.74) is 0.940. The predicted octanol–water partition coefficient (Wildman–Crippen LogP) is 3.13. The zero-order valence-electron chi connectivity index (χ0n) is 12.8. The minimum absolute atomic E-state index is 0.0571. The number of benzene rings is 1. The Labute approximate surface area is 147 Å². The van der Waals surface area contributed by atoms with Gasteiger partial charge in [0.05, 0.1) is 29.0 Å². The molecule has 7 heteroatoms. The van der Waals surface area contributed by atoms with Gasteiger partial charge in [-0.15, -0.1) is 11.3 Å². The highest BCUT2D eigenvalue weighted by Gasteiger charge is 2.13. The minimum Gasteiger partial charge on any atom is -0.496 e. The Morgan fingerprint density at radius 1 is 1.35 bits per heavy atom. The Kier molecular flexibility index (Phi) is 6.18. The lowest BCUT2D eigenvalue weighted by molar-refractivity contribution is -0.120. The van der Waals surface area contributed by atoms with Crippen LogP contribution in [0, 0.1) is 0 Å². The van der Waals surface area contributed by atoms with Crippen molar-refractivity contribution in [2.45, 2.75) is 13.0 Å². The van der Waals surface area contributed by atoms with E-state index in [2.05, 4.69) is 26.6 Å². The van der Waals surface area contributed by atoms with Crippen molar-refractivity contribution in [2.24, 2.45) is 0 Å². The van der Waals surface area contributed by atoms with Crippen molar-refractivity contribution >= 4 is 39.1 Å². The van der Waals surface area contributed by atoms with Crippen molar-refractivity contribution in [3.05, 3.63) is 50.6 Å². The van der Waals surface area contributed by atoms with Gasteiger partial charge in [0, 0.05) is 0 Å². The molecule has 0 aliphatic rings. The molecule has 0 radical (unpaired) electrons. The molecule has 0 bridgehead atoms. The van der Waals surface area contributed by atoms with Crippen LogP contribution in [-0.4, -0.2) is 25.5 Å². The molecule has 1 aromatic heterocycles. The second-order valence-electron chi connectivity index (χ2n) is 4.84. The number of hydrogen-bond donors (Lipinski definition) is 2. The molecule has 0 saturated heterocycles. The van der Waals surface area contributed by atoms with E-state index in [4.69, 9.17) is 4.74 Å². The van der Waals surface area contributed by atoms with Gasteiger partial charge in [-0.2, -0.15) is 0 Å². The summed E-state index contributed by atoms with van der Waals surface area (Å²) in [5, 5.41) is 7.27. The van der Waals surface area contributed by atoms with Gasteiger partial charge in [-0.25, -0.2) is 0 Å². The Morgan fingerprint density at radius 3 is 2.74 bits per heavy atom. The number of carbonyl (C=O) groups is 2. The molecule has 2 amide bonds. The Morgan fingerprint density at radius 2 is 2.13 bits per heavy atom. The maximum Gasteiger partial charge on any atom is 0.261 e. The average Bonchev–Trinajstić information content (AvgIpc) is 3.07. The van der Waals surface area contributed by atoms with Gasteiger partial charge in [0.25, 0.3) is 5.91 Å². The summed E-state index contributed by atoms with van der Waals surface area (Å²) in [6.07, 6.45) is 0. The molecule has 122 valence electrons. The number of carbonyl (C=O) groups excluding carboxylic acids is 2. The first-order valence-corrected chi connectivity index (χ1v) is 8.63. The number of rotatable bonds is 6. The number of hydrogen-bond acceptors (Lipinski definition) is 4. The number of halogens is 1. The molecule has 2 N–H and O–H groups in total. The van der Waals surface area contributed by atoms with E-state index in [-0.39, 0.29) is 24.4 Å². The van der Waals surface area contributed by atoms with Crippen LogP contribution in [0.3, 0.4) is 0 Å². The molecule has 2 aromatic rings. The summed E-state index contributed by atoms with van der Waals surface area (Å²) >= 11 is 4.76. The molecule has 5 nitrogen and oxygen atoms in total. The van der Waals surface area contributed by atoms with Gasteiger partial charge in [-0.05, 0) is 52.0 Å². The van der Waals surface area contributed by atoms with E-state index >= 15 is 0 Å². The average molecular weight is 397 g/mol. The molecule has 23 heavy (non-hydrogen) atoms. The lowest BCUT2D eigenvalue weighted by Crippen LogP contribution is -2.37. The second kappa shape index (κ2) is 8.12. The summed E-state index contributed by atoms with van der Waals surface area (Å²) in [6.45, 7) is 1.83. The Balaban J connectivity index is 1.87. The van der Waals surface area contributed by atoms with Gasteiger partial charge in [-0.3, -0.25) is 9.59 Å². The van der Waals surface area contributed by atoms with Crippen LogP contribution in [0.4, 0.5) is 0 Å². The van der Waals surface area contributed by atoms with Crippen molar-refractivity contribution in [3.63, 3.8) is 0 Å². The molecular formula is C16H17BrN2O3S. The number of methoxy groups -OCH3 is 1. The van der Waals surface area contributed by atoms with E-state index in [0.717, 1.165) is 15.8 Å². The molecule has 0 unspecified atom stereocenters. The fourth-order valence-electron chi connectivity index (χ4n) is 1.98. The molecule has 0 aliphatic heterocycles. The monoisotopic (exact) mass is 396 g/mol. The quantitative estimate of drug-likeness (QED) is 0.787. The SMILES string of the molecule is COc1ccc([C@@H](C)NC(=O)CNC(=O)c2cccs2)cc1Br. The van der Waals surface area contributed by atoms with Crippen LogP contribution in [0.15, 0.2) is 40.2 Å². The highest BCUT2D eigenvalue weighted by molar-refractivity contribution is 9.10. The van der Waals surface area contributed by atoms with Gasteiger partial charge in [0.2, 0.25) is 5.91 Å². The third kappa shape index (κ3) is 4.80. The van der Waals surface area contributed by atoms with Gasteiger partial charge in [-0.1, -0.05) is 12.1 Å². The van der Waals surface area contributed by atoms with Gasteiger partial charge >= 0.3 is 0 Å². The first-order valence-electron chi connectivity index (χ1n) is 6.95. The second-order valence-corrected chi connectivity index (χ2v) is 6.65. The standard InChI is InChI=1S/C16H17BrN2O3S/c1-10(11-5-6-13(22-2)12(17)8-11)19-15(20)9-18-16(21)14-4-3-7-23-14/h3-8,10H,9H2,1-2H3,(H,18,21)(H,19,20)/t10-/m1/s1. The van der Waals surface area contributed by atoms with Crippen LogP contribution < -0.4 is 15.4 Å². The lowest BCUT2D eigenvalue weighted by atomic mass is 10.1. The highest BCUT2D eigenvalue weighted by atomic mass is 79.9. The van der Waals surface area contributed by atoms with E-state index in [1.165, 1.54) is 11.3 Å². The normalized spacial score (nSPS) is 11.6. The Hall–Kier alpha value is -1.86. The zero-order chi connectivity index (χ0) is 16.8. The van der Waals surface area contributed by atoms with Crippen molar-refractivity contribution in [1.29, 1.82) is 0 Å². The van der Waals surface area contributed by atoms with Crippen molar-refractivity contribution in [1.82, 2.24) is 10.6 Å². The van der Waals surface area contributed by atoms with Crippen molar-refractivity contribution in [2.75, 3.05) is 13.7 Å². The number of thiophene rings is 1. The van der Waals surface area contributed by atoms with E-state index < -0.39 is 0 Å². The van der Waals surface area contributed by atoms with E-state index in [1.54, 1.807) is 19.2 Å². The largest absolute Gasteiger partial charge is 0.496 e. The summed E-state index contributed by atoms with van der Waals surface area (Å²) in [7, 11) is 1.60. The fraction of sp³-hybridized carbons (Fsp3) is 0.250. The zero-order valence-corrected chi connectivity index (χ0v) is 15.2. The van der Waals surface area contributed by atoms with Gasteiger partial charge < -0.3 is 15.4 Å². The van der Waals surface area contributed by atoms with E-state index in [0.29, 0.717) is 4.88 Å². The molecule has 0 saturated carbocycles. The van der Waals surface area contributed by atoms with Crippen molar-refractivity contribution < 1.29 is 14.3 Å². The molecule has 0 aliphatic carbocycles. The van der Waals surface area contributed by atoms with Crippen LogP contribution in [0.25, 0.3) is 0 Å². The number of nitrogens with one attached hydrogen (secondary N) is 2. The van der Waals surface area contributed by atoms with Crippen LogP contribution in [0.1, 0.15) is 28.2 Å². The van der Waals surface area contributed by atoms with Crippen LogP contribution in [0.5, 0.6) is 5.75 Å². The van der Waals surface area contributed by atoms with Crippen LogP contribution >= 0.6 is 27.3 Å². The summed E-state index contributed by atoms with van der Waals surface area (Å²) in [5.74, 6) is 0.250. The maximum atomic E-state index is 12.0. The van der Waals surface area contributed by atoms with Gasteiger partial charge in [0.1, 0.15) is 5.75 Å². The topological polar surface area (TPSA) is 67.4 Å². The van der Waals surface area contributed by atoms with E-state index in [9.17, 15) is 9.59 Å². The first-order chi connectivity index (χ1) is 11.0. The number of amides is 2. The molecule has 0 fully saturated rings. The highest BCUT2D eigenvalue weighted by Crippen LogP contribution is 2.27. The molecule has 2 rings (SSSR count). The molecule has 1 atom stereocenters. The van der Waals surface area contributed by atoms with Crippen molar-refractivity contribution in [3.8, 4) is 5.75 Å². The molecule has 1 aromatic carbocycles. The summed E-state index contributed by atoms with van der Waals surface area (Å²) < 4.78 is 6.00. The molecule has 1 heterocycles. The number of ether oxygens (including phenoxy) is 1. The third-order valence-electron chi connectivity index (χ3n) is 3.21. The summed E-state index contributed by atoms with van der Waals surface area (Å²) in [6, 6.07) is 8.95. The fourth-order valence-corrected chi connectivity index (χ4v) is 3.18. The van der Waals surface area contributed by atoms with Crippen LogP contribution in [-0.2, 0) is 4.79 Å². The molecule has 0 spiro atoms.